The number of likely N-dealkylation sites (N-methyl/N-ethyl adjacent to an activating group) is 1. The van der Waals surface area contributed by atoms with Gasteiger partial charge >= 0.3 is 0 Å². The summed E-state index contributed by atoms with van der Waals surface area (Å²) < 4.78 is 11.3. The van der Waals surface area contributed by atoms with Gasteiger partial charge in [0.25, 0.3) is 0 Å². The quantitative estimate of drug-likeness (QED) is 0.463. The van der Waals surface area contributed by atoms with Gasteiger partial charge in [-0.1, -0.05) is 0 Å². The third kappa shape index (κ3) is 8.75. The van der Waals surface area contributed by atoms with Crippen LogP contribution in [-0.2, 0) is 14.3 Å². The van der Waals surface area contributed by atoms with Crippen LogP contribution in [0.2, 0.25) is 0 Å². The van der Waals surface area contributed by atoms with Crippen molar-refractivity contribution in [2.45, 2.75) is 57.8 Å². The molecule has 8 heteroatoms. The normalized spacial score (nSPS) is 24.2. The number of morpholine rings is 1. The molecule has 2 N–H and O–H groups in total. The maximum atomic E-state index is 11.9. The molecule has 28 heavy (non-hydrogen) atoms. The van der Waals surface area contributed by atoms with Gasteiger partial charge in [-0.25, -0.2) is 4.99 Å². The van der Waals surface area contributed by atoms with E-state index >= 15 is 0 Å². The van der Waals surface area contributed by atoms with E-state index in [0.717, 1.165) is 71.0 Å². The van der Waals surface area contributed by atoms with Crippen LogP contribution in [0.5, 0.6) is 0 Å². The van der Waals surface area contributed by atoms with Crippen molar-refractivity contribution in [2.75, 3.05) is 60.0 Å². The number of nitrogens with one attached hydrogen (secondary N) is 2. The Morgan fingerprint density at radius 1 is 1.21 bits per heavy atom. The predicted octanol–water partition coefficient (Wildman–Crippen LogP) is 0.678. The van der Waals surface area contributed by atoms with Gasteiger partial charge in [-0.05, 0) is 39.5 Å². The first kappa shape index (κ1) is 22.9. The highest BCUT2D eigenvalue weighted by atomic mass is 16.5. The van der Waals surface area contributed by atoms with Crippen LogP contribution in [0.4, 0.5) is 0 Å². The third-order valence-electron chi connectivity index (χ3n) is 5.18. The lowest BCUT2D eigenvalue weighted by atomic mass is 9.93. The summed E-state index contributed by atoms with van der Waals surface area (Å²) >= 11 is 0. The van der Waals surface area contributed by atoms with Crippen molar-refractivity contribution in [3.8, 4) is 0 Å². The Kier molecular flexibility index (Phi) is 10.0. The summed E-state index contributed by atoms with van der Waals surface area (Å²) in [5.74, 6) is 0.736. The van der Waals surface area contributed by atoms with Crippen LogP contribution in [0.1, 0.15) is 39.5 Å². The minimum absolute atomic E-state index is 0.00307. The first-order valence-electron chi connectivity index (χ1n) is 10.6. The van der Waals surface area contributed by atoms with Crippen molar-refractivity contribution in [1.82, 2.24) is 20.4 Å². The molecule has 0 unspecified atom stereocenters. The Morgan fingerprint density at radius 2 is 1.89 bits per heavy atom. The highest BCUT2D eigenvalue weighted by Crippen LogP contribution is 2.22. The van der Waals surface area contributed by atoms with E-state index in [9.17, 15) is 4.79 Å². The number of aliphatic imine (C=N–C) groups is 1. The number of rotatable bonds is 8. The van der Waals surface area contributed by atoms with Gasteiger partial charge < -0.3 is 25.0 Å². The van der Waals surface area contributed by atoms with Gasteiger partial charge in [0.05, 0.1) is 25.4 Å². The molecule has 0 aromatic carbocycles. The topological polar surface area (TPSA) is 78.4 Å². The van der Waals surface area contributed by atoms with Crippen molar-refractivity contribution in [3.63, 3.8) is 0 Å². The Bertz CT molecular complexity index is 484. The molecule has 2 aliphatic rings. The first-order chi connectivity index (χ1) is 13.4. The van der Waals surface area contributed by atoms with E-state index in [1.165, 1.54) is 0 Å². The minimum Gasteiger partial charge on any atom is -0.379 e. The first-order valence-corrected chi connectivity index (χ1v) is 10.6. The van der Waals surface area contributed by atoms with Gasteiger partial charge in [0.1, 0.15) is 6.54 Å². The van der Waals surface area contributed by atoms with Gasteiger partial charge in [0.2, 0.25) is 5.91 Å². The second-order valence-electron chi connectivity index (χ2n) is 8.14. The Morgan fingerprint density at radius 3 is 2.50 bits per heavy atom. The summed E-state index contributed by atoms with van der Waals surface area (Å²) in [4.78, 5) is 20.4. The molecule has 0 aromatic rings. The molecule has 0 spiro atoms. The summed E-state index contributed by atoms with van der Waals surface area (Å²) in [5, 5.41) is 6.94. The summed E-state index contributed by atoms with van der Waals surface area (Å²) in [6.07, 6.45) is 4.89. The minimum atomic E-state index is 0.00307. The SMILES string of the molecule is CC(C)OC1CCC(NC(=NCC(=O)N(C)C)NCCN2CCOCC2)CC1. The number of hydrogen-bond donors (Lipinski definition) is 2. The fourth-order valence-electron chi connectivity index (χ4n) is 3.52. The van der Waals surface area contributed by atoms with Gasteiger partial charge in [-0.15, -0.1) is 0 Å². The van der Waals surface area contributed by atoms with Crippen LogP contribution < -0.4 is 10.6 Å². The smallest absolute Gasteiger partial charge is 0.243 e. The molecule has 0 radical (unpaired) electrons. The Labute approximate surface area is 170 Å². The molecule has 0 atom stereocenters. The fourth-order valence-corrected chi connectivity index (χ4v) is 3.52. The lowest BCUT2D eigenvalue weighted by Crippen LogP contribution is -2.48. The second kappa shape index (κ2) is 12.2. The Balaban J connectivity index is 1.81. The second-order valence-corrected chi connectivity index (χ2v) is 8.14. The maximum absolute atomic E-state index is 11.9. The molecule has 1 heterocycles. The lowest BCUT2D eigenvalue weighted by molar-refractivity contribution is -0.127. The van der Waals surface area contributed by atoms with Crippen molar-refractivity contribution >= 4 is 11.9 Å². The number of hydrogen-bond acceptors (Lipinski definition) is 5. The molecular formula is C20H39N5O3. The van der Waals surface area contributed by atoms with Gasteiger partial charge in [-0.3, -0.25) is 9.69 Å². The van der Waals surface area contributed by atoms with Crippen LogP contribution in [0, 0.1) is 0 Å². The molecule has 0 bridgehead atoms. The lowest BCUT2D eigenvalue weighted by Gasteiger charge is -2.31. The average Bonchev–Trinajstić information content (AvgIpc) is 2.67. The number of amides is 1. The average molecular weight is 398 g/mol. The van der Waals surface area contributed by atoms with Crippen molar-refractivity contribution in [3.05, 3.63) is 0 Å². The Hall–Kier alpha value is -1.38. The van der Waals surface area contributed by atoms with E-state index in [0.29, 0.717) is 12.1 Å². The van der Waals surface area contributed by atoms with Crippen LogP contribution in [0.15, 0.2) is 4.99 Å². The molecule has 1 saturated heterocycles. The van der Waals surface area contributed by atoms with Crippen molar-refractivity contribution in [2.24, 2.45) is 4.99 Å². The van der Waals surface area contributed by atoms with Gasteiger partial charge in [-0.2, -0.15) is 0 Å². The number of ether oxygens (including phenoxy) is 2. The van der Waals surface area contributed by atoms with E-state index in [1.54, 1.807) is 19.0 Å². The summed E-state index contributed by atoms with van der Waals surface area (Å²) in [6, 6.07) is 0.371. The molecule has 1 aliphatic heterocycles. The molecule has 1 aliphatic carbocycles. The summed E-state index contributed by atoms with van der Waals surface area (Å²) in [6.45, 7) is 9.64. The summed E-state index contributed by atoms with van der Waals surface area (Å²) in [7, 11) is 3.51. The number of nitrogens with zero attached hydrogens (tertiary/aromatic N) is 3. The highest BCUT2D eigenvalue weighted by molar-refractivity contribution is 5.84. The van der Waals surface area contributed by atoms with Crippen LogP contribution in [-0.4, -0.2) is 99.9 Å². The predicted molar refractivity (Wildman–Crippen MR) is 112 cm³/mol. The van der Waals surface area contributed by atoms with Crippen LogP contribution >= 0.6 is 0 Å². The zero-order chi connectivity index (χ0) is 20.4. The highest BCUT2D eigenvalue weighted by Gasteiger charge is 2.23. The fraction of sp³-hybridized carbons (Fsp3) is 0.900. The zero-order valence-electron chi connectivity index (χ0n) is 18.1. The summed E-state index contributed by atoms with van der Waals surface area (Å²) in [5.41, 5.74) is 0. The molecular weight excluding hydrogens is 358 g/mol. The van der Waals surface area contributed by atoms with E-state index in [1.807, 2.05) is 0 Å². The molecule has 2 rings (SSSR count). The van der Waals surface area contributed by atoms with Crippen molar-refractivity contribution < 1.29 is 14.3 Å². The zero-order valence-corrected chi connectivity index (χ0v) is 18.1. The van der Waals surface area contributed by atoms with E-state index in [-0.39, 0.29) is 18.6 Å². The molecule has 1 amide bonds. The maximum Gasteiger partial charge on any atom is 0.243 e. The largest absolute Gasteiger partial charge is 0.379 e. The molecule has 1 saturated carbocycles. The molecule has 0 aromatic heterocycles. The van der Waals surface area contributed by atoms with E-state index in [2.05, 4.69) is 34.4 Å². The molecule has 162 valence electrons. The number of carbonyl (C=O) groups excluding carboxylic acids is 1. The number of guanidine groups is 1. The standard InChI is InChI=1S/C20H39N5O3/c1-16(2)28-18-7-5-17(6-8-18)23-20(22-15-19(26)24(3)4)21-9-10-25-11-13-27-14-12-25/h16-18H,5-15H2,1-4H3,(H2,21,22,23). The monoisotopic (exact) mass is 397 g/mol. The van der Waals surface area contributed by atoms with Crippen LogP contribution in [0.25, 0.3) is 0 Å². The van der Waals surface area contributed by atoms with Gasteiger partial charge in [0.15, 0.2) is 5.96 Å². The van der Waals surface area contributed by atoms with E-state index in [4.69, 9.17) is 9.47 Å². The van der Waals surface area contributed by atoms with Gasteiger partial charge in [0, 0.05) is 46.3 Å². The molecule has 2 fully saturated rings. The van der Waals surface area contributed by atoms with Crippen LogP contribution in [0.3, 0.4) is 0 Å². The van der Waals surface area contributed by atoms with Crippen molar-refractivity contribution in [1.29, 1.82) is 0 Å². The van der Waals surface area contributed by atoms with E-state index < -0.39 is 0 Å². The number of carbonyl (C=O) groups is 1. The third-order valence-corrected chi connectivity index (χ3v) is 5.18. The molecule has 8 nitrogen and oxygen atoms in total.